The smallest absolute Gasteiger partial charge is 0.422 e. The van der Waals surface area contributed by atoms with Crippen LogP contribution in [0.25, 0.3) is 0 Å². The number of nitrogens with one attached hydrogen (secondary N) is 2. The van der Waals surface area contributed by atoms with Gasteiger partial charge in [-0.2, -0.15) is 0 Å². The summed E-state index contributed by atoms with van der Waals surface area (Å²) in [6, 6.07) is 0.275. The molecule has 1 rings (SSSR count). The van der Waals surface area contributed by atoms with Crippen LogP contribution in [0.3, 0.4) is 0 Å². The topological polar surface area (TPSA) is 50.4 Å². The summed E-state index contributed by atoms with van der Waals surface area (Å²) in [4.78, 5) is 11.3. The molecule has 86 valence electrons. The summed E-state index contributed by atoms with van der Waals surface area (Å²) >= 11 is 0. The summed E-state index contributed by atoms with van der Waals surface area (Å²) in [6.07, 6.45) is 4.76. The minimum Gasteiger partial charge on any atom is -0.443 e. The number of hydrogen-bond donors (Lipinski definition) is 2. The average Bonchev–Trinajstić information content (AvgIpc) is 2.44. The number of hydrogen-bond acceptors (Lipinski definition) is 3. The highest BCUT2D eigenvalue weighted by molar-refractivity contribution is 5.67. The van der Waals surface area contributed by atoms with Gasteiger partial charge in [0.1, 0.15) is 5.60 Å². The zero-order valence-electron chi connectivity index (χ0n) is 9.83. The standard InChI is InChI=1S/C11H20N2O2/c1-8-6-5-7-9(8)12-13-10(14)15-11(2,3)4/h5-6,8-9,12H,7H2,1-4H3,(H,13,14). The van der Waals surface area contributed by atoms with Crippen LogP contribution in [-0.2, 0) is 4.74 Å². The summed E-state index contributed by atoms with van der Waals surface area (Å²) < 4.78 is 5.10. The fourth-order valence-electron chi connectivity index (χ4n) is 1.43. The van der Waals surface area contributed by atoms with E-state index in [1.165, 1.54) is 0 Å². The molecule has 0 aliphatic heterocycles. The Morgan fingerprint density at radius 2 is 2.13 bits per heavy atom. The molecule has 0 spiro atoms. The third-order valence-electron chi connectivity index (χ3n) is 2.22. The van der Waals surface area contributed by atoms with E-state index in [2.05, 4.69) is 29.9 Å². The Bertz CT molecular complexity index is 256. The minimum atomic E-state index is -0.453. The Hall–Kier alpha value is -1.03. The molecule has 15 heavy (non-hydrogen) atoms. The first-order chi connectivity index (χ1) is 6.88. The lowest BCUT2D eigenvalue weighted by atomic mass is 10.1. The van der Waals surface area contributed by atoms with Gasteiger partial charge in [0.15, 0.2) is 0 Å². The van der Waals surface area contributed by atoms with Crippen LogP contribution in [-0.4, -0.2) is 17.7 Å². The average molecular weight is 212 g/mol. The molecule has 0 fully saturated rings. The van der Waals surface area contributed by atoms with E-state index in [-0.39, 0.29) is 6.04 Å². The fraction of sp³-hybridized carbons (Fsp3) is 0.727. The molecule has 0 aromatic heterocycles. The van der Waals surface area contributed by atoms with Gasteiger partial charge >= 0.3 is 6.09 Å². The van der Waals surface area contributed by atoms with Crippen molar-refractivity contribution in [3.8, 4) is 0 Å². The molecular weight excluding hydrogens is 192 g/mol. The SMILES string of the molecule is CC1C=CCC1NNC(=O)OC(C)(C)C. The molecule has 2 unspecified atom stereocenters. The lowest BCUT2D eigenvalue weighted by Gasteiger charge is -2.22. The van der Waals surface area contributed by atoms with Gasteiger partial charge < -0.3 is 4.74 Å². The Morgan fingerprint density at radius 3 is 2.60 bits per heavy atom. The van der Waals surface area contributed by atoms with Gasteiger partial charge in [0.2, 0.25) is 0 Å². The van der Waals surface area contributed by atoms with E-state index in [0.717, 1.165) is 6.42 Å². The molecule has 4 nitrogen and oxygen atoms in total. The van der Waals surface area contributed by atoms with Crippen LogP contribution >= 0.6 is 0 Å². The maximum Gasteiger partial charge on any atom is 0.422 e. The second-order valence-corrected chi connectivity index (χ2v) is 4.90. The highest BCUT2D eigenvalue weighted by Gasteiger charge is 2.20. The predicted octanol–water partition coefficient (Wildman–Crippen LogP) is 1.98. The maximum absolute atomic E-state index is 11.3. The van der Waals surface area contributed by atoms with Gasteiger partial charge in [-0.1, -0.05) is 19.1 Å². The summed E-state index contributed by atoms with van der Waals surface area (Å²) in [5, 5.41) is 0. The number of carbonyl (C=O) groups excluding carboxylic acids is 1. The Kier molecular flexibility index (Phi) is 3.74. The monoisotopic (exact) mass is 212 g/mol. The number of ether oxygens (including phenoxy) is 1. The van der Waals surface area contributed by atoms with E-state index in [9.17, 15) is 4.79 Å². The third kappa shape index (κ3) is 4.34. The molecule has 0 heterocycles. The molecule has 1 aliphatic carbocycles. The summed E-state index contributed by atoms with van der Waals surface area (Å²) in [7, 11) is 0. The Morgan fingerprint density at radius 1 is 1.47 bits per heavy atom. The summed E-state index contributed by atoms with van der Waals surface area (Å²) in [5.74, 6) is 0.444. The molecule has 0 bridgehead atoms. The van der Waals surface area contributed by atoms with Crippen molar-refractivity contribution in [1.29, 1.82) is 0 Å². The predicted molar refractivity (Wildman–Crippen MR) is 59.2 cm³/mol. The molecular formula is C11H20N2O2. The van der Waals surface area contributed by atoms with Crippen LogP contribution in [0.5, 0.6) is 0 Å². The van der Waals surface area contributed by atoms with Crippen molar-refractivity contribution in [3.05, 3.63) is 12.2 Å². The van der Waals surface area contributed by atoms with Crippen molar-refractivity contribution in [1.82, 2.24) is 10.9 Å². The first-order valence-electron chi connectivity index (χ1n) is 5.29. The van der Waals surface area contributed by atoms with Crippen molar-refractivity contribution in [2.24, 2.45) is 5.92 Å². The maximum atomic E-state index is 11.3. The lowest BCUT2D eigenvalue weighted by molar-refractivity contribution is 0.0485. The fourth-order valence-corrected chi connectivity index (χ4v) is 1.43. The first-order valence-corrected chi connectivity index (χ1v) is 5.29. The molecule has 0 saturated heterocycles. The minimum absolute atomic E-state index is 0.275. The van der Waals surface area contributed by atoms with E-state index < -0.39 is 11.7 Å². The van der Waals surface area contributed by atoms with Crippen LogP contribution in [0, 0.1) is 5.92 Å². The van der Waals surface area contributed by atoms with Gasteiger partial charge in [0, 0.05) is 6.04 Å². The summed E-state index contributed by atoms with van der Waals surface area (Å²) in [6.45, 7) is 7.63. The van der Waals surface area contributed by atoms with Crippen LogP contribution < -0.4 is 10.9 Å². The highest BCUT2D eigenvalue weighted by atomic mass is 16.6. The van der Waals surface area contributed by atoms with Gasteiger partial charge in [-0.05, 0) is 33.1 Å². The van der Waals surface area contributed by atoms with Crippen LogP contribution in [0.2, 0.25) is 0 Å². The van der Waals surface area contributed by atoms with Gasteiger partial charge in [-0.15, -0.1) is 0 Å². The van der Waals surface area contributed by atoms with E-state index >= 15 is 0 Å². The molecule has 4 heteroatoms. The molecule has 2 atom stereocenters. The van der Waals surface area contributed by atoms with Crippen LogP contribution in [0.1, 0.15) is 34.1 Å². The summed E-state index contributed by atoms with van der Waals surface area (Å²) in [5.41, 5.74) is 5.07. The largest absolute Gasteiger partial charge is 0.443 e. The van der Waals surface area contributed by atoms with Gasteiger partial charge in [-0.25, -0.2) is 10.2 Å². The quantitative estimate of drug-likeness (QED) is 0.543. The second-order valence-electron chi connectivity index (χ2n) is 4.90. The van der Waals surface area contributed by atoms with Crippen molar-refractivity contribution >= 4 is 6.09 Å². The highest BCUT2D eigenvalue weighted by Crippen LogP contribution is 2.16. The number of carbonyl (C=O) groups is 1. The molecule has 0 radical (unpaired) electrons. The third-order valence-corrected chi connectivity index (χ3v) is 2.22. The van der Waals surface area contributed by atoms with E-state index in [1.54, 1.807) is 0 Å². The van der Waals surface area contributed by atoms with E-state index in [0.29, 0.717) is 5.92 Å². The van der Waals surface area contributed by atoms with Gasteiger partial charge in [0.05, 0.1) is 0 Å². The second kappa shape index (κ2) is 4.66. The van der Waals surface area contributed by atoms with Crippen molar-refractivity contribution in [2.45, 2.75) is 45.8 Å². The van der Waals surface area contributed by atoms with Crippen LogP contribution in [0.15, 0.2) is 12.2 Å². The van der Waals surface area contributed by atoms with Gasteiger partial charge in [-0.3, -0.25) is 5.43 Å². The van der Waals surface area contributed by atoms with Crippen molar-refractivity contribution in [2.75, 3.05) is 0 Å². The molecule has 0 aromatic carbocycles. The molecule has 0 saturated carbocycles. The van der Waals surface area contributed by atoms with Gasteiger partial charge in [0.25, 0.3) is 0 Å². The van der Waals surface area contributed by atoms with Crippen LogP contribution in [0.4, 0.5) is 4.79 Å². The molecule has 2 N–H and O–H groups in total. The zero-order valence-corrected chi connectivity index (χ0v) is 9.83. The number of hydrazine groups is 1. The molecule has 1 aliphatic rings. The van der Waals surface area contributed by atoms with E-state index in [1.807, 2.05) is 20.8 Å². The number of rotatable bonds is 2. The Labute approximate surface area is 91.0 Å². The van der Waals surface area contributed by atoms with Crippen molar-refractivity contribution < 1.29 is 9.53 Å². The molecule has 0 aromatic rings. The Balaban J connectivity index is 2.23. The zero-order chi connectivity index (χ0) is 11.5. The van der Waals surface area contributed by atoms with Crippen molar-refractivity contribution in [3.63, 3.8) is 0 Å². The lowest BCUT2D eigenvalue weighted by Crippen LogP contribution is -2.47. The first kappa shape index (κ1) is 12.0. The normalized spacial score (nSPS) is 25.3. The number of amides is 1. The van der Waals surface area contributed by atoms with E-state index in [4.69, 9.17) is 4.74 Å². The molecule has 1 amide bonds.